The van der Waals surface area contributed by atoms with Crippen molar-refractivity contribution in [2.24, 2.45) is 5.92 Å². The number of carboxylic acids is 1. The second-order valence-electron chi connectivity index (χ2n) is 4.78. The molecule has 1 rings (SSSR count). The minimum Gasteiger partial charge on any atom is -0.479 e. The zero-order chi connectivity index (χ0) is 13.7. The monoisotopic (exact) mass is 270 g/mol. The van der Waals surface area contributed by atoms with Crippen molar-refractivity contribution in [3.63, 3.8) is 0 Å². The number of hydrogen-bond donors (Lipinski definition) is 1. The van der Waals surface area contributed by atoms with Crippen molar-refractivity contribution >= 4 is 17.6 Å². The highest BCUT2D eigenvalue weighted by atomic mass is 35.5. The summed E-state index contributed by atoms with van der Waals surface area (Å²) in [6.45, 7) is 6.31. The number of ether oxygens (including phenoxy) is 1. The van der Waals surface area contributed by atoms with E-state index in [1.165, 1.54) is 0 Å². The fraction of sp³-hybridized carbons (Fsp3) is 0.500. The Morgan fingerprint density at radius 3 is 2.67 bits per heavy atom. The maximum Gasteiger partial charge on any atom is 0.333 e. The third kappa shape index (κ3) is 4.31. The van der Waals surface area contributed by atoms with E-state index in [2.05, 4.69) is 0 Å². The van der Waals surface area contributed by atoms with Gasteiger partial charge in [-0.25, -0.2) is 4.79 Å². The number of benzene rings is 1. The Morgan fingerprint density at radius 1 is 1.44 bits per heavy atom. The summed E-state index contributed by atoms with van der Waals surface area (Å²) in [6.07, 6.45) is -0.474. The summed E-state index contributed by atoms with van der Waals surface area (Å²) in [6, 6.07) is 5.51. The minimum absolute atomic E-state index is 0.312. The fourth-order valence-electron chi connectivity index (χ4n) is 1.60. The van der Waals surface area contributed by atoms with Gasteiger partial charge in [0.15, 0.2) is 6.10 Å². The van der Waals surface area contributed by atoms with Crippen LogP contribution in [-0.4, -0.2) is 23.8 Å². The van der Waals surface area contributed by atoms with E-state index in [-0.39, 0.29) is 0 Å². The average Bonchev–Trinajstić information content (AvgIpc) is 2.29. The van der Waals surface area contributed by atoms with Gasteiger partial charge in [-0.3, -0.25) is 0 Å². The van der Waals surface area contributed by atoms with Crippen LogP contribution in [0.25, 0.3) is 0 Å². The topological polar surface area (TPSA) is 46.5 Å². The first-order valence-corrected chi connectivity index (χ1v) is 6.38. The molecule has 0 amide bonds. The van der Waals surface area contributed by atoms with Crippen LogP contribution in [0, 0.1) is 12.8 Å². The summed E-state index contributed by atoms with van der Waals surface area (Å²) in [7, 11) is 0. The van der Waals surface area contributed by atoms with Gasteiger partial charge in [-0.15, -0.1) is 0 Å². The van der Waals surface area contributed by atoms with Gasteiger partial charge in [0.05, 0.1) is 6.61 Å². The van der Waals surface area contributed by atoms with Crippen LogP contribution in [0.1, 0.15) is 25.0 Å². The second kappa shape index (κ2) is 6.76. The Labute approximate surface area is 113 Å². The first-order chi connectivity index (χ1) is 8.41. The summed E-state index contributed by atoms with van der Waals surface area (Å²) >= 11 is 6.02. The molecule has 0 fully saturated rings. The lowest BCUT2D eigenvalue weighted by molar-refractivity contribution is -0.150. The molecule has 0 radical (unpaired) electrons. The van der Waals surface area contributed by atoms with E-state index in [1.807, 2.05) is 32.9 Å². The highest BCUT2D eigenvalue weighted by molar-refractivity contribution is 6.31. The molecule has 0 heterocycles. The van der Waals surface area contributed by atoms with Gasteiger partial charge in [-0.05, 0) is 30.0 Å². The third-order valence-corrected chi connectivity index (χ3v) is 3.10. The second-order valence-corrected chi connectivity index (χ2v) is 5.19. The Balaban J connectivity index is 2.77. The highest BCUT2D eigenvalue weighted by Gasteiger charge is 2.20. The van der Waals surface area contributed by atoms with E-state index < -0.39 is 12.1 Å². The molecular weight excluding hydrogens is 252 g/mol. The van der Waals surface area contributed by atoms with Crippen molar-refractivity contribution in [3.05, 3.63) is 34.3 Å². The lowest BCUT2D eigenvalue weighted by Crippen LogP contribution is -2.28. The molecule has 4 heteroatoms. The number of carboxylic acid groups (broad SMARTS) is 1. The van der Waals surface area contributed by atoms with Crippen molar-refractivity contribution in [2.75, 3.05) is 6.61 Å². The molecule has 0 saturated heterocycles. The van der Waals surface area contributed by atoms with E-state index in [1.54, 1.807) is 6.07 Å². The van der Waals surface area contributed by atoms with Crippen molar-refractivity contribution in [1.82, 2.24) is 0 Å². The maximum absolute atomic E-state index is 11.2. The lowest BCUT2D eigenvalue weighted by atomic mass is 10.0. The van der Waals surface area contributed by atoms with E-state index in [0.29, 0.717) is 24.0 Å². The van der Waals surface area contributed by atoms with Crippen molar-refractivity contribution < 1.29 is 14.6 Å². The molecule has 1 unspecified atom stereocenters. The van der Waals surface area contributed by atoms with Crippen molar-refractivity contribution in [1.29, 1.82) is 0 Å². The smallest absolute Gasteiger partial charge is 0.333 e. The molecule has 1 atom stereocenters. The van der Waals surface area contributed by atoms with Crippen LogP contribution in [0.15, 0.2) is 18.2 Å². The van der Waals surface area contributed by atoms with Gasteiger partial charge < -0.3 is 9.84 Å². The van der Waals surface area contributed by atoms with Crippen LogP contribution in [0.2, 0.25) is 5.02 Å². The van der Waals surface area contributed by atoms with Crippen molar-refractivity contribution in [2.45, 2.75) is 33.3 Å². The summed E-state index contributed by atoms with van der Waals surface area (Å²) in [5.41, 5.74) is 1.83. The number of rotatable bonds is 6. The molecule has 0 bridgehead atoms. The molecular formula is C14H19ClO3. The van der Waals surface area contributed by atoms with Crippen LogP contribution in [-0.2, 0) is 16.0 Å². The van der Waals surface area contributed by atoms with E-state index >= 15 is 0 Å². The first kappa shape index (κ1) is 15.0. The molecule has 0 aromatic heterocycles. The number of halogens is 1. The fourth-order valence-corrected chi connectivity index (χ4v) is 1.79. The predicted molar refractivity (Wildman–Crippen MR) is 72.1 cm³/mol. The van der Waals surface area contributed by atoms with Gasteiger partial charge in [0, 0.05) is 11.4 Å². The molecule has 0 aliphatic carbocycles. The van der Waals surface area contributed by atoms with Gasteiger partial charge in [0.2, 0.25) is 0 Å². The summed E-state index contributed by atoms with van der Waals surface area (Å²) < 4.78 is 5.42. The number of aliphatic carboxylic acids is 1. The largest absolute Gasteiger partial charge is 0.479 e. The van der Waals surface area contributed by atoms with Gasteiger partial charge in [-0.1, -0.05) is 37.6 Å². The molecule has 3 nitrogen and oxygen atoms in total. The summed E-state index contributed by atoms with van der Waals surface area (Å²) in [5, 5.41) is 9.80. The zero-order valence-electron chi connectivity index (χ0n) is 10.9. The van der Waals surface area contributed by atoms with Crippen LogP contribution in [0.5, 0.6) is 0 Å². The Bertz CT molecular complexity index is 416. The predicted octanol–water partition coefficient (Wildman–Crippen LogP) is 3.32. The van der Waals surface area contributed by atoms with Crippen LogP contribution >= 0.6 is 11.6 Å². The molecule has 0 aliphatic heterocycles. The molecule has 18 heavy (non-hydrogen) atoms. The maximum atomic E-state index is 11.2. The third-order valence-electron chi connectivity index (χ3n) is 2.69. The Morgan fingerprint density at radius 2 is 2.11 bits per heavy atom. The van der Waals surface area contributed by atoms with Gasteiger partial charge in [-0.2, -0.15) is 0 Å². The quantitative estimate of drug-likeness (QED) is 0.863. The lowest BCUT2D eigenvalue weighted by Gasteiger charge is -2.16. The normalized spacial score (nSPS) is 12.7. The summed E-state index contributed by atoms with van der Waals surface area (Å²) in [5.74, 6) is -0.623. The Hall–Kier alpha value is -1.06. The van der Waals surface area contributed by atoms with Gasteiger partial charge in [0.25, 0.3) is 0 Å². The molecule has 0 aliphatic rings. The van der Waals surface area contributed by atoms with Crippen LogP contribution in [0.4, 0.5) is 0 Å². The van der Waals surface area contributed by atoms with E-state index in [0.717, 1.165) is 11.1 Å². The van der Waals surface area contributed by atoms with Crippen molar-refractivity contribution in [3.8, 4) is 0 Å². The minimum atomic E-state index is -0.935. The van der Waals surface area contributed by atoms with Crippen LogP contribution < -0.4 is 0 Å². The van der Waals surface area contributed by atoms with E-state index in [9.17, 15) is 4.79 Å². The average molecular weight is 271 g/mol. The highest BCUT2D eigenvalue weighted by Crippen LogP contribution is 2.20. The number of hydrogen-bond acceptors (Lipinski definition) is 2. The molecule has 1 N–H and O–H groups in total. The molecule has 1 aromatic rings. The SMILES string of the molecule is Cc1c(Cl)cccc1CC(OCC(C)C)C(=O)O. The van der Waals surface area contributed by atoms with Gasteiger partial charge >= 0.3 is 5.97 Å². The standard InChI is InChI=1S/C14H19ClO3/c1-9(2)8-18-13(14(16)17)7-11-5-4-6-12(15)10(11)3/h4-6,9,13H,7-8H2,1-3H3,(H,16,17). The molecule has 0 saturated carbocycles. The molecule has 100 valence electrons. The zero-order valence-corrected chi connectivity index (χ0v) is 11.7. The number of carbonyl (C=O) groups is 1. The van der Waals surface area contributed by atoms with Gasteiger partial charge in [0.1, 0.15) is 0 Å². The molecule has 0 spiro atoms. The Kier molecular flexibility index (Phi) is 5.63. The summed E-state index contributed by atoms with van der Waals surface area (Å²) in [4.78, 5) is 11.2. The first-order valence-electron chi connectivity index (χ1n) is 6.00. The molecule has 1 aromatic carbocycles. The van der Waals surface area contributed by atoms with E-state index in [4.69, 9.17) is 21.4 Å². The van der Waals surface area contributed by atoms with Crippen LogP contribution in [0.3, 0.4) is 0 Å².